The SMILES string of the molecule is NCC#Cc1cc(C(=O)NCc2cc(F)ccc2F)cs1. The van der Waals surface area contributed by atoms with Gasteiger partial charge in [0.2, 0.25) is 0 Å². The van der Waals surface area contributed by atoms with Crippen LogP contribution < -0.4 is 11.1 Å². The molecule has 0 saturated heterocycles. The van der Waals surface area contributed by atoms with Crippen molar-refractivity contribution in [2.24, 2.45) is 5.73 Å². The molecule has 0 spiro atoms. The van der Waals surface area contributed by atoms with Crippen LogP contribution in [-0.4, -0.2) is 12.5 Å². The average molecular weight is 306 g/mol. The van der Waals surface area contributed by atoms with Gasteiger partial charge in [-0.05, 0) is 24.3 Å². The number of benzene rings is 1. The van der Waals surface area contributed by atoms with Gasteiger partial charge in [0.25, 0.3) is 5.91 Å². The first kappa shape index (κ1) is 15.2. The maximum atomic E-state index is 13.4. The lowest BCUT2D eigenvalue weighted by molar-refractivity contribution is 0.0951. The number of carbonyl (C=O) groups is 1. The first-order chi connectivity index (χ1) is 10.1. The predicted molar refractivity (Wildman–Crippen MR) is 77.8 cm³/mol. The maximum absolute atomic E-state index is 13.4. The quantitative estimate of drug-likeness (QED) is 0.855. The van der Waals surface area contributed by atoms with Gasteiger partial charge in [-0.1, -0.05) is 11.8 Å². The number of thiophene rings is 1. The highest BCUT2D eigenvalue weighted by atomic mass is 32.1. The summed E-state index contributed by atoms with van der Waals surface area (Å²) < 4.78 is 26.4. The van der Waals surface area contributed by atoms with E-state index in [0.717, 1.165) is 23.1 Å². The molecule has 1 aromatic heterocycles. The second kappa shape index (κ2) is 6.97. The zero-order valence-corrected chi connectivity index (χ0v) is 11.8. The molecule has 0 radical (unpaired) electrons. The van der Waals surface area contributed by atoms with Gasteiger partial charge in [0.15, 0.2) is 0 Å². The Morgan fingerprint density at radius 2 is 2.14 bits per heavy atom. The smallest absolute Gasteiger partial charge is 0.252 e. The number of amides is 1. The largest absolute Gasteiger partial charge is 0.348 e. The van der Waals surface area contributed by atoms with E-state index in [1.165, 1.54) is 11.3 Å². The Labute approximate surface area is 124 Å². The van der Waals surface area contributed by atoms with Crippen molar-refractivity contribution in [3.63, 3.8) is 0 Å². The number of hydrogen-bond acceptors (Lipinski definition) is 3. The van der Waals surface area contributed by atoms with Crippen LogP contribution in [0.15, 0.2) is 29.6 Å². The Bertz CT molecular complexity index is 716. The van der Waals surface area contributed by atoms with E-state index in [1.54, 1.807) is 11.4 Å². The summed E-state index contributed by atoms with van der Waals surface area (Å²) in [6.45, 7) is 0.167. The molecule has 1 heterocycles. The zero-order valence-electron chi connectivity index (χ0n) is 11.0. The Morgan fingerprint density at radius 3 is 2.90 bits per heavy atom. The van der Waals surface area contributed by atoms with Crippen molar-refractivity contribution in [3.05, 3.63) is 57.3 Å². The fraction of sp³-hybridized carbons (Fsp3) is 0.133. The minimum absolute atomic E-state index is 0.0813. The Morgan fingerprint density at radius 1 is 1.33 bits per heavy atom. The highest BCUT2D eigenvalue weighted by Gasteiger charge is 2.10. The van der Waals surface area contributed by atoms with E-state index in [2.05, 4.69) is 17.2 Å². The molecule has 2 aromatic rings. The molecule has 0 aliphatic carbocycles. The second-order valence-corrected chi connectivity index (χ2v) is 5.04. The normalized spacial score (nSPS) is 9.86. The summed E-state index contributed by atoms with van der Waals surface area (Å²) in [4.78, 5) is 12.6. The molecule has 0 bridgehead atoms. The monoisotopic (exact) mass is 306 g/mol. The van der Waals surface area contributed by atoms with Gasteiger partial charge >= 0.3 is 0 Å². The fourth-order valence-electron chi connectivity index (χ4n) is 1.62. The Balaban J connectivity index is 2.01. The minimum atomic E-state index is -0.559. The van der Waals surface area contributed by atoms with Crippen LogP contribution in [0.25, 0.3) is 0 Å². The number of halogens is 2. The molecule has 1 amide bonds. The third kappa shape index (κ3) is 4.12. The van der Waals surface area contributed by atoms with Crippen LogP contribution in [0.3, 0.4) is 0 Å². The fourth-order valence-corrected chi connectivity index (χ4v) is 2.37. The summed E-state index contributed by atoms with van der Waals surface area (Å²) in [7, 11) is 0. The summed E-state index contributed by atoms with van der Waals surface area (Å²) in [5.74, 6) is 4.05. The highest BCUT2D eigenvalue weighted by molar-refractivity contribution is 7.10. The van der Waals surface area contributed by atoms with Crippen LogP contribution in [-0.2, 0) is 6.54 Å². The van der Waals surface area contributed by atoms with Gasteiger partial charge in [-0.2, -0.15) is 0 Å². The van der Waals surface area contributed by atoms with Gasteiger partial charge in [-0.3, -0.25) is 4.79 Å². The molecule has 108 valence electrons. The topological polar surface area (TPSA) is 55.1 Å². The number of carbonyl (C=O) groups excluding carboxylic acids is 1. The first-order valence-electron chi connectivity index (χ1n) is 6.09. The molecule has 2 rings (SSSR count). The van der Waals surface area contributed by atoms with Crippen molar-refractivity contribution >= 4 is 17.2 Å². The van der Waals surface area contributed by atoms with E-state index in [4.69, 9.17) is 5.73 Å². The summed E-state index contributed by atoms with van der Waals surface area (Å²) in [5.41, 5.74) is 5.79. The molecule has 0 saturated carbocycles. The van der Waals surface area contributed by atoms with Crippen molar-refractivity contribution in [2.75, 3.05) is 6.54 Å². The van der Waals surface area contributed by atoms with Crippen LogP contribution >= 0.6 is 11.3 Å². The van der Waals surface area contributed by atoms with E-state index >= 15 is 0 Å². The van der Waals surface area contributed by atoms with Crippen LogP contribution in [0.2, 0.25) is 0 Å². The molecule has 0 fully saturated rings. The van der Waals surface area contributed by atoms with Crippen molar-refractivity contribution in [1.29, 1.82) is 0 Å². The number of nitrogens with one attached hydrogen (secondary N) is 1. The molecule has 6 heteroatoms. The van der Waals surface area contributed by atoms with Crippen LogP contribution in [0.1, 0.15) is 20.8 Å². The Hall–Kier alpha value is -2.23. The third-order valence-corrected chi connectivity index (χ3v) is 3.47. The van der Waals surface area contributed by atoms with Crippen molar-refractivity contribution in [3.8, 4) is 11.8 Å². The van der Waals surface area contributed by atoms with E-state index in [0.29, 0.717) is 5.56 Å². The van der Waals surface area contributed by atoms with Gasteiger partial charge in [0.1, 0.15) is 11.6 Å². The molecule has 1 aromatic carbocycles. The molecule has 3 N–H and O–H groups in total. The lowest BCUT2D eigenvalue weighted by Gasteiger charge is -2.05. The van der Waals surface area contributed by atoms with Crippen LogP contribution in [0.4, 0.5) is 8.78 Å². The maximum Gasteiger partial charge on any atom is 0.252 e. The molecule has 0 aliphatic rings. The Kier molecular flexibility index (Phi) is 5.04. The zero-order chi connectivity index (χ0) is 15.2. The minimum Gasteiger partial charge on any atom is -0.348 e. The second-order valence-electron chi connectivity index (χ2n) is 4.12. The summed E-state index contributed by atoms with van der Waals surface area (Å²) in [5, 5.41) is 4.19. The number of rotatable bonds is 3. The summed E-state index contributed by atoms with van der Waals surface area (Å²) in [6, 6.07) is 4.75. The van der Waals surface area contributed by atoms with Crippen molar-refractivity contribution < 1.29 is 13.6 Å². The molecule has 0 aliphatic heterocycles. The molecule has 21 heavy (non-hydrogen) atoms. The number of hydrogen-bond donors (Lipinski definition) is 2. The van der Waals surface area contributed by atoms with Gasteiger partial charge in [0, 0.05) is 17.5 Å². The first-order valence-corrected chi connectivity index (χ1v) is 6.97. The number of nitrogens with two attached hydrogens (primary N) is 1. The van der Waals surface area contributed by atoms with Crippen LogP contribution in [0.5, 0.6) is 0 Å². The predicted octanol–water partition coefficient (Wildman–Crippen LogP) is 2.27. The lowest BCUT2D eigenvalue weighted by Crippen LogP contribution is -2.22. The van der Waals surface area contributed by atoms with Gasteiger partial charge < -0.3 is 11.1 Å². The molecular weight excluding hydrogens is 294 g/mol. The van der Waals surface area contributed by atoms with E-state index in [-0.39, 0.29) is 24.6 Å². The van der Waals surface area contributed by atoms with Gasteiger partial charge in [0.05, 0.1) is 17.0 Å². The lowest BCUT2D eigenvalue weighted by atomic mass is 10.2. The van der Waals surface area contributed by atoms with Crippen molar-refractivity contribution in [1.82, 2.24) is 5.32 Å². The van der Waals surface area contributed by atoms with Crippen LogP contribution in [0, 0.1) is 23.5 Å². The standard InChI is InChI=1S/C15H12F2N2OS/c16-12-3-4-14(17)10(6-12)8-19-15(20)11-7-13(21-9-11)2-1-5-18/h3-4,6-7,9H,5,8,18H2,(H,19,20). The summed E-state index contributed by atoms with van der Waals surface area (Å²) in [6.07, 6.45) is 0. The van der Waals surface area contributed by atoms with E-state index < -0.39 is 11.6 Å². The van der Waals surface area contributed by atoms with Gasteiger partial charge in [-0.15, -0.1) is 11.3 Å². The molecular formula is C15H12F2N2OS. The average Bonchev–Trinajstić information content (AvgIpc) is 2.94. The van der Waals surface area contributed by atoms with Crippen molar-refractivity contribution in [2.45, 2.75) is 6.54 Å². The highest BCUT2D eigenvalue weighted by Crippen LogP contribution is 2.14. The van der Waals surface area contributed by atoms with E-state index in [9.17, 15) is 13.6 Å². The molecule has 0 unspecified atom stereocenters. The van der Waals surface area contributed by atoms with Gasteiger partial charge in [-0.25, -0.2) is 8.78 Å². The summed E-state index contributed by atoms with van der Waals surface area (Å²) >= 11 is 1.32. The molecule has 0 atom stereocenters. The third-order valence-electron chi connectivity index (χ3n) is 2.62. The molecule has 3 nitrogen and oxygen atoms in total. The van der Waals surface area contributed by atoms with E-state index in [1.807, 2.05) is 0 Å².